The summed E-state index contributed by atoms with van der Waals surface area (Å²) in [6, 6.07) is 0.00341. The lowest BCUT2D eigenvalue weighted by Crippen LogP contribution is -2.36. The van der Waals surface area contributed by atoms with Crippen molar-refractivity contribution in [3.63, 3.8) is 0 Å². The van der Waals surface area contributed by atoms with Crippen LogP contribution in [0.5, 0.6) is 0 Å². The van der Waals surface area contributed by atoms with Gasteiger partial charge in [-0.3, -0.25) is 4.79 Å². The van der Waals surface area contributed by atoms with E-state index < -0.39 is 9.84 Å². The van der Waals surface area contributed by atoms with Gasteiger partial charge in [-0.15, -0.1) is 0 Å². The number of carbonyl (C=O) groups excluding carboxylic acids is 1. The highest BCUT2D eigenvalue weighted by Gasteiger charge is 2.19. The van der Waals surface area contributed by atoms with Crippen molar-refractivity contribution >= 4 is 15.7 Å². The number of carbonyl (C=O) groups is 1. The molecule has 0 saturated heterocycles. The van der Waals surface area contributed by atoms with Crippen molar-refractivity contribution in [1.29, 1.82) is 0 Å². The van der Waals surface area contributed by atoms with Crippen LogP contribution in [-0.4, -0.2) is 49.9 Å². The molecule has 0 aliphatic heterocycles. The van der Waals surface area contributed by atoms with Crippen LogP contribution in [0.3, 0.4) is 0 Å². The molecule has 102 valence electrons. The predicted molar refractivity (Wildman–Crippen MR) is 69.5 cm³/mol. The van der Waals surface area contributed by atoms with Gasteiger partial charge in [-0.05, 0) is 33.6 Å². The normalized spacial score (nSPS) is 13.4. The molecule has 0 rings (SSSR count). The van der Waals surface area contributed by atoms with Crippen molar-refractivity contribution in [2.24, 2.45) is 5.73 Å². The second-order valence-corrected chi connectivity index (χ2v) is 6.46. The minimum Gasteiger partial charge on any atom is -0.342 e. The van der Waals surface area contributed by atoms with Gasteiger partial charge in [0.05, 0.1) is 5.75 Å². The van der Waals surface area contributed by atoms with Crippen molar-refractivity contribution in [3.8, 4) is 0 Å². The SMILES string of the molecule is CCN(CC)C(=O)CS(=O)(=O)CCCC(C)N. The Morgan fingerprint density at radius 3 is 2.24 bits per heavy atom. The fraction of sp³-hybridized carbons (Fsp3) is 0.909. The maximum Gasteiger partial charge on any atom is 0.237 e. The minimum absolute atomic E-state index is 0.00341. The molecule has 1 unspecified atom stereocenters. The van der Waals surface area contributed by atoms with E-state index in [1.165, 1.54) is 4.90 Å². The van der Waals surface area contributed by atoms with Crippen LogP contribution in [0.25, 0.3) is 0 Å². The molecule has 17 heavy (non-hydrogen) atoms. The van der Waals surface area contributed by atoms with Crippen molar-refractivity contribution in [1.82, 2.24) is 4.90 Å². The smallest absolute Gasteiger partial charge is 0.237 e. The number of hydrogen-bond acceptors (Lipinski definition) is 4. The first-order chi connectivity index (χ1) is 7.82. The zero-order chi connectivity index (χ0) is 13.5. The summed E-state index contributed by atoms with van der Waals surface area (Å²) in [7, 11) is -3.29. The molecule has 0 saturated carbocycles. The highest BCUT2D eigenvalue weighted by Crippen LogP contribution is 2.02. The zero-order valence-corrected chi connectivity index (χ0v) is 11.8. The number of amides is 1. The lowest BCUT2D eigenvalue weighted by Gasteiger charge is -2.18. The van der Waals surface area contributed by atoms with Gasteiger partial charge < -0.3 is 10.6 Å². The van der Waals surface area contributed by atoms with Crippen LogP contribution in [-0.2, 0) is 14.6 Å². The Bertz CT molecular complexity index is 322. The molecule has 0 fully saturated rings. The zero-order valence-electron chi connectivity index (χ0n) is 11.0. The lowest BCUT2D eigenvalue weighted by molar-refractivity contribution is -0.128. The third kappa shape index (κ3) is 7.33. The summed E-state index contributed by atoms with van der Waals surface area (Å²) in [6.07, 6.45) is 1.18. The maximum absolute atomic E-state index is 11.7. The van der Waals surface area contributed by atoms with Crippen LogP contribution in [0, 0.1) is 0 Å². The average Bonchev–Trinajstić information content (AvgIpc) is 2.17. The minimum atomic E-state index is -3.29. The molecule has 0 aliphatic rings. The third-order valence-electron chi connectivity index (χ3n) is 2.57. The second-order valence-electron chi connectivity index (χ2n) is 4.28. The molecular weight excluding hydrogens is 240 g/mol. The Labute approximate surface area is 104 Å². The van der Waals surface area contributed by atoms with Gasteiger partial charge in [-0.25, -0.2) is 8.42 Å². The summed E-state index contributed by atoms with van der Waals surface area (Å²) < 4.78 is 23.3. The van der Waals surface area contributed by atoms with Gasteiger partial charge >= 0.3 is 0 Å². The van der Waals surface area contributed by atoms with E-state index in [1.54, 1.807) is 0 Å². The van der Waals surface area contributed by atoms with E-state index in [0.29, 0.717) is 25.9 Å². The Morgan fingerprint density at radius 2 is 1.82 bits per heavy atom. The summed E-state index contributed by atoms with van der Waals surface area (Å²) in [4.78, 5) is 13.2. The van der Waals surface area contributed by atoms with Crippen molar-refractivity contribution < 1.29 is 13.2 Å². The molecule has 0 bridgehead atoms. The predicted octanol–water partition coefficient (Wildman–Crippen LogP) is 0.397. The van der Waals surface area contributed by atoms with Gasteiger partial charge in [0.15, 0.2) is 9.84 Å². The molecule has 0 aliphatic carbocycles. The summed E-state index contributed by atoms with van der Waals surface area (Å²) in [6.45, 7) is 6.61. The molecule has 0 aromatic heterocycles. The molecule has 5 nitrogen and oxygen atoms in total. The molecular formula is C11H24N2O3S. The van der Waals surface area contributed by atoms with E-state index >= 15 is 0 Å². The van der Waals surface area contributed by atoms with E-state index in [2.05, 4.69) is 0 Å². The lowest BCUT2D eigenvalue weighted by atomic mass is 10.2. The molecule has 1 amide bonds. The molecule has 2 N–H and O–H groups in total. The highest BCUT2D eigenvalue weighted by atomic mass is 32.2. The number of hydrogen-bond donors (Lipinski definition) is 1. The molecule has 0 aromatic carbocycles. The number of nitrogens with two attached hydrogens (primary N) is 1. The molecule has 6 heteroatoms. The molecule has 1 atom stereocenters. The second kappa shape index (κ2) is 7.66. The van der Waals surface area contributed by atoms with E-state index in [9.17, 15) is 13.2 Å². The molecule has 0 radical (unpaired) electrons. The monoisotopic (exact) mass is 264 g/mol. The average molecular weight is 264 g/mol. The summed E-state index contributed by atoms with van der Waals surface area (Å²) in [5.74, 6) is -0.648. The van der Waals surface area contributed by atoms with Crippen LogP contribution >= 0.6 is 0 Å². The van der Waals surface area contributed by atoms with E-state index in [-0.39, 0.29) is 23.5 Å². The van der Waals surface area contributed by atoms with E-state index in [1.807, 2.05) is 20.8 Å². The van der Waals surface area contributed by atoms with Gasteiger partial charge in [-0.1, -0.05) is 0 Å². The summed E-state index contributed by atoms with van der Waals surface area (Å²) in [5.41, 5.74) is 5.54. The first-order valence-corrected chi connectivity index (χ1v) is 7.88. The standard InChI is InChI=1S/C11H24N2O3S/c1-4-13(5-2)11(14)9-17(15,16)8-6-7-10(3)12/h10H,4-9,12H2,1-3H3. The van der Waals surface area contributed by atoms with Gasteiger partial charge in [0.1, 0.15) is 5.75 Å². The van der Waals surface area contributed by atoms with Gasteiger partial charge in [0.25, 0.3) is 0 Å². The van der Waals surface area contributed by atoms with Crippen LogP contribution in [0.1, 0.15) is 33.6 Å². The summed E-state index contributed by atoms with van der Waals surface area (Å²) in [5, 5.41) is 0. The Kier molecular flexibility index (Phi) is 7.38. The third-order valence-corrected chi connectivity index (χ3v) is 4.17. The first-order valence-electron chi connectivity index (χ1n) is 6.06. The van der Waals surface area contributed by atoms with Crippen LogP contribution in [0.4, 0.5) is 0 Å². The number of rotatable bonds is 8. The Hall–Kier alpha value is -0.620. The van der Waals surface area contributed by atoms with Crippen molar-refractivity contribution in [2.45, 2.75) is 39.7 Å². The van der Waals surface area contributed by atoms with Gasteiger partial charge in [0, 0.05) is 19.1 Å². The van der Waals surface area contributed by atoms with Crippen molar-refractivity contribution in [2.75, 3.05) is 24.6 Å². The van der Waals surface area contributed by atoms with Crippen LogP contribution < -0.4 is 5.73 Å². The van der Waals surface area contributed by atoms with Crippen molar-refractivity contribution in [3.05, 3.63) is 0 Å². The van der Waals surface area contributed by atoms with Gasteiger partial charge in [-0.2, -0.15) is 0 Å². The Balaban J connectivity index is 4.21. The highest BCUT2D eigenvalue weighted by molar-refractivity contribution is 7.92. The molecule has 0 heterocycles. The summed E-state index contributed by atoms with van der Waals surface area (Å²) >= 11 is 0. The number of sulfone groups is 1. The fourth-order valence-electron chi connectivity index (χ4n) is 1.55. The fourth-order valence-corrected chi connectivity index (χ4v) is 2.86. The van der Waals surface area contributed by atoms with E-state index in [4.69, 9.17) is 5.73 Å². The molecule has 0 aromatic rings. The van der Waals surface area contributed by atoms with Crippen LogP contribution in [0.15, 0.2) is 0 Å². The first kappa shape index (κ1) is 16.4. The largest absolute Gasteiger partial charge is 0.342 e. The maximum atomic E-state index is 11.7. The van der Waals surface area contributed by atoms with Gasteiger partial charge in [0.2, 0.25) is 5.91 Å². The van der Waals surface area contributed by atoms with E-state index in [0.717, 1.165) is 0 Å². The quantitative estimate of drug-likeness (QED) is 0.688. The van der Waals surface area contributed by atoms with Crippen LogP contribution in [0.2, 0.25) is 0 Å². The topological polar surface area (TPSA) is 80.5 Å². The molecule has 0 spiro atoms. The number of nitrogens with zero attached hydrogens (tertiary/aromatic N) is 1. The Morgan fingerprint density at radius 1 is 1.29 bits per heavy atom.